The van der Waals surface area contributed by atoms with Crippen LogP contribution >= 0.6 is 0 Å². The first kappa shape index (κ1) is 10.5. The molecule has 0 N–H and O–H groups in total. The first-order valence-electron chi connectivity index (χ1n) is 4.00. The Balaban J connectivity index is 4.12. The van der Waals surface area contributed by atoms with Crippen LogP contribution in [-0.2, 0) is 0 Å². The fourth-order valence-electron chi connectivity index (χ4n) is 0.912. The van der Waals surface area contributed by atoms with Crippen LogP contribution in [0.25, 0.3) is 0 Å². The second-order valence-electron chi connectivity index (χ2n) is 4.27. The van der Waals surface area contributed by atoms with E-state index < -0.39 is 0 Å². The molecule has 0 saturated heterocycles. The van der Waals surface area contributed by atoms with Gasteiger partial charge in [0.25, 0.3) is 0 Å². The highest BCUT2D eigenvalue weighted by Crippen LogP contribution is 2.19. The maximum Gasteiger partial charge on any atom is 0.0985 e. The van der Waals surface area contributed by atoms with Gasteiger partial charge in [-0.2, -0.15) is 0 Å². The smallest absolute Gasteiger partial charge is 0.0985 e. The Morgan fingerprint density at radius 2 is 1.73 bits per heavy atom. The molecule has 0 unspecified atom stereocenters. The zero-order valence-electron chi connectivity index (χ0n) is 8.60. The summed E-state index contributed by atoms with van der Waals surface area (Å²) in [4.78, 5) is 6.29. The van der Waals surface area contributed by atoms with E-state index >= 15 is 0 Å². The van der Waals surface area contributed by atoms with Crippen LogP contribution in [0, 0.1) is 5.41 Å². The molecule has 0 aliphatic rings. The predicted molar refractivity (Wildman–Crippen MR) is 51.1 cm³/mol. The topological polar surface area (TPSA) is 15.6 Å². The zero-order valence-corrected chi connectivity index (χ0v) is 8.60. The molecule has 0 radical (unpaired) electrons. The molecule has 0 bridgehead atoms. The van der Waals surface area contributed by atoms with Crippen molar-refractivity contribution in [3.8, 4) is 0 Å². The largest absolute Gasteiger partial charge is 0.366 e. The van der Waals surface area contributed by atoms with E-state index in [1.807, 2.05) is 21.1 Å². The summed E-state index contributed by atoms with van der Waals surface area (Å²) in [7, 11) is 5.92. The monoisotopic (exact) mass is 156 g/mol. The molecule has 2 nitrogen and oxygen atoms in total. The summed E-state index contributed by atoms with van der Waals surface area (Å²) in [6.07, 6.45) is 1.04. The van der Waals surface area contributed by atoms with Gasteiger partial charge < -0.3 is 4.90 Å². The quantitative estimate of drug-likeness (QED) is 0.419. The van der Waals surface area contributed by atoms with E-state index in [0.29, 0.717) is 5.41 Å². The van der Waals surface area contributed by atoms with Gasteiger partial charge in [-0.05, 0) is 5.41 Å². The lowest BCUT2D eigenvalue weighted by Crippen LogP contribution is -2.26. The van der Waals surface area contributed by atoms with Crippen molar-refractivity contribution in [2.45, 2.75) is 27.2 Å². The van der Waals surface area contributed by atoms with Crippen molar-refractivity contribution in [1.82, 2.24) is 4.90 Å². The van der Waals surface area contributed by atoms with Gasteiger partial charge in [0.2, 0.25) is 0 Å². The number of amidine groups is 1. The normalized spacial score (nSPS) is 13.5. The molecule has 0 amide bonds. The number of aliphatic imine (C=N–C) groups is 1. The van der Waals surface area contributed by atoms with Gasteiger partial charge in [0, 0.05) is 27.6 Å². The van der Waals surface area contributed by atoms with Gasteiger partial charge >= 0.3 is 0 Å². The highest BCUT2D eigenvalue weighted by molar-refractivity contribution is 5.82. The van der Waals surface area contributed by atoms with Crippen LogP contribution in [0.2, 0.25) is 0 Å². The second-order valence-corrected chi connectivity index (χ2v) is 4.27. The SMILES string of the molecule is C/N=C(/CC(C)(C)C)N(C)C. The van der Waals surface area contributed by atoms with Crippen molar-refractivity contribution in [2.24, 2.45) is 10.4 Å². The minimum atomic E-state index is 0.332. The predicted octanol–water partition coefficient (Wildman–Crippen LogP) is 2.01. The summed E-state index contributed by atoms with van der Waals surface area (Å²) in [5.74, 6) is 1.16. The van der Waals surface area contributed by atoms with E-state index in [2.05, 4.69) is 30.7 Å². The Kier molecular flexibility index (Phi) is 3.56. The Morgan fingerprint density at radius 3 is 1.82 bits per heavy atom. The molecular formula is C9H20N2. The Bertz CT molecular complexity index is 140. The summed E-state index contributed by atoms with van der Waals surface area (Å²) in [5.41, 5.74) is 0.332. The molecule has 66 valence electrons. The summed E-state index contributed by atoms with van der Waals surface area (Å²) >= 11 is 0. The molecule has 0 aromatic carbocycles. The van der Waals surface area contributed by atoms with Crippen LogP contribution in [0.15, 0.2) is 4.99 Å². The molecule has 0 spiro atoms. The number of rotatable bonds is 1. The Labute approximate surface area is 70.3 Å². The standard InChI is InChI=1S/C9H20N2/c1-9(2,3)7-8(10-4)11(5)6/h7H2,1-6H3/b10-8-. The van der Waals surface area contributed by atoms with Gasteiger partial charge in [-0.1, -0.05) is 20.8 Å². The summed E-state index contributed by atoms with van der Waals surface area (Å²) in [6.45, 7) is 6.67. The number of nitrogens with zero attached hydrogens (tertiary/aromatic N) is 2. The lowest BCUT2D eigenvalue weighted by Gasteiger charge is -2.23. The number of hydrogen-bond donors (Lipinski definition) is 0. The molecule has 0 rings (SSSR count). The summed E-state index contributed by atoms with van der Waals surface area (Å²) in [6, 6.07) is 0. The fourth-order valence-corrected chi connectivity index (χ4v) is 0.912. The van der Waals surface area contributed by atoms with Crippen molar-refractivity contribution >= 4 is 5.84 Å². The van der Waals surface area contributed by atoms with Crippen molar-refractivity contribution in [3.63, 3.8) is 0 Å². The van der Waals surface area contributed by atoms with Crippen molar-refractivity contribution in [1.29, 1.82) is 0 Å². The molecule has 2 heteroatoms. The van der Waals surface area contributed by atoms with E-state index in [0.717, 1.165) is 12.3 Å². The van der Waals surface area contributed by atoms with E-state index in [4.69, 9.17) is 0 Å². The average molecular weight is 156 g/mol. The van der Waals surface area contributed by atoms with E-state index in [1.54, 1.807) is 0 Å². The van der Waals surface area contributed by atoms with Crippen molar-refractivity contribution < 1.29 is 0 Å². The highest BCUT2D eigenvalue weighted by atomic mass is 15.1. The Morgan fingerprint density at radius 1 is 1.27 bits per heavy atom. The van der Waals surface area contributed by atoms with E-state index in [9.17, 15) is 0 Å². The lowest BCUT2D eigenvalue weighted by molar-refractivity contribution is 0.412. The van der Waals surface area contributed by atoms with Crippen LogP contribution in [0.5, 0.6) is 0 Å². The van der Waals surface area contributed by atoms with Crippen LogP contribution in [0.1, 0.15) is 27.2 Å². The van der Waals surface area contributed by atoms with Gasteiger partial charge in [0.05, 0.1) is 5.84 Å². The zero-order chi connectivity index (χ0) is 9.07. The molecule has 0 heterocycles. The first-order chi connectivity index (χ1) is 4.87. The van der Waals surface area contributed by atoms with Crippen molar-refractivity contribution in [2.75, 3.05) is 21.1 Å². The second kappa shape index (κ2) is 3.74. The molecule has 0 aliphatic carbocycles. The lowest BCUT2D eigenvalue weighted by atomic mass is 9.91. The van der Waals surface area contributed by atoms with Gasteiger partial charge in [-0.25, -0.2) is 0 Å². The average Bonchev–Trinajstić information content (AvgIpc) is 1.80. The molecule has 0 aliphatic heterocycles. The number of hydrogen-bond acceptors (Lipinski definition) is 1. The highest BCUT2D eigenvalue weighted by Gasteiger charge is 2.14. The van der Waals surface area contributed by atoms with Gasteiger partial charge in [0.1, 0.15) is 0 Å². The van der Waals surface area contributed by atoms with E-state index in [-0.39, 0.29) is 0 Å². The van der Waals surface area contributed by atoms with Crippen LogP contribution < -0.4 is 0 Å². The van der Waals surface area contributed by atoms with Gasteiger partial charge in [-0.15, -0.1) is 0 Å². The van der Waals surface area contributed by atoms with Crippen molar-refractivity contribution in [3.05, 3.63) is 0 Å². The van der Waals surface area contributed by atoms with Gasteiger partial charge in [0.15, 0.2) is 0 Å². The first-order valence-corrected chi connectivity index (χ1v) is 4.00. The maximum absolute atomic E-state index is 4.22. The van der Waals surface area contributed by atoms with Crippen LogP contribution in [0.4, 0.5) is 0 Å². The molecule has 0 saturated carbocycles. The summed E-state index contributed by atoms with van der Waals surface area (Å²) in [5, 5.41) is 0. The van der Waals surface area contributed by atoms with Crippen LogP contribution in [-0.4, -0.2) is 31.9 Å². The van der Waals surface area contributed by atoms with Crippen LogP contribution in [0.3, 0.4) is 0 Å². The molecule has 0 aromatic rings. The minimum absolute atomic E-state index is 0.332. The molecule has 0 fully saturated rings. The van der Waals surface area contributed by atoms with Gasteiger partial charge in [-0.3, -0.25) is 4.99 Å². The molecule has 0 aromatic heterocycles. The fraction of sp³-hybridized carbons (Fsp3) is 0.889. The maximum atomic E-state index is 4.22. The summed E-state index contributed by atoms with van der Waals surface area (Å²) < 4.78 is 0. The third kappa shape index (κ3) is 4.82. The van der Waals surface area contributed by atoms with E-state index in [1.165, 1.54) is 0 Å². The Hall–Kier alpha value is -0.530. The molecule has 11 heavy (non-hydrogen) atoms. The third-order valence-corrected chi connectivity index (χ3v) is 1.46. The minimum Gasteiger partial charge on any atom is -0.366 e. The molecule has 0 atom stereocenters. The molecular weight excluding hydrogens is 136 g/mol. The third-order valence-electron chi connectivity index (χ3n) is 1.46.